The van der Waals surface area contributed by atoms with Crippen LogP contribution in [0.5, 0.6) is 0 Å². The van der Waals surface area contributed by atoms with Gasteiger partial charge in [-0.25, -0.2) is 0 Å². The van der Waals surface area contributed by atoms with E-state index in [-0.39, 0.29) is 31.3 Å². The van der Waals surface area contributed by atoms with E-state index in [2.05, 4.69) is 0 Å². The summed E-state index contributed by atoms with van der Waals surface area (Å²) < 4.78 is 10.1. The minimum atomic E-state index is 0. The molecule has 0 aromatic heterocycles. The molecular formula is C10H20ClLiO2. The Morgan fingerprint density at radius 3 is 0.857 bits per heavy atom. The second-order valence-electron chi connectivity index (χ2n) is 3.35. The molecule has 0 unspecified atom stereocenters. The summed E-state index contributed by atoms with van der Waals surface area (Å²) >= 11 is 0. The van der Waals surface area contributed by atoms with Gasteiger partial charge in [0.15, 0.2) is 0 Å². The van der Waals surface area contributed by atoms with E-state index in [1.165, 1.54) is 38.5 Å². The fraction of sp³-hybridized carbons (Fsp3) is 1.00. The summed E-state index contributed by atoms with van der Waals surface area (Å²) in [5, 5.41) is 0. The van der Waals surface area contributed by atoms with Crippen LogP contribution in [0.25, 0.3) is 0 Å². The summed E-state index contributed by atoms with van der Waals surface area (Å²) in [7, 11) is 0. The molecule has 0 aliphatic carbocycles. The van der Waals surface area contributed by atoms with Crippen molar-refractivity contribution in [2.45, 2.75) is 38.5 Å². The van der Waals surface area contributed by atoms with Gasteiger partial charge >= 0.3 is 18.9 Å². The Balaban J connectivity index is 0. The topological polar surface area (TPSA) is 18.5 Å². The summed E-state index contributed by atoms with van der Waals surface area (Å²) in [5.41, 5.74) is 0. The van der Waals surface area contributed by atoms with Gasteiger partial charge in [-0.1, -0.05) is 0 Å². The molecule has 0 radical (unpaired) electrons. The summed E-state index contributed by atoms with van der Waals surface area (Å²) in [6.45, 7) is 4.00. The molecule has 0 saturated carbocycles. The molecule has 0 aromatic rings. The van der Waals surface area contributed by atoms with Crippen LogP contribution in [0.15, 0.2) is 0 Å². The number of rotatable bonds is 0. The smallest absolute Gasteiger partial charge is 1.00 e. The number of hydrogen-bond donors (Lipinski definition) is 0. The van der Waals surface area contributed by atoms with E-state index in [0.29, 0.717) is 0 Å². The van der Waals surface area contributed by atoms with Crippen molar-refractivity contribution in [3.63, 3.8) is 0 Å². The molecule has 14 heavy (non-hydrogen) atoms. The minimum absolute atomic E-state index is 0. The van der Waals surface area contributed by atoms with E-state index in [9.17, 15) is 0 Å². The van der Waals surface area contributed by atoms with E-state index >= 15 is 0 Å². The third kappa shape index (κ3) is 10.9. The number of halogens is 1. The molecule has 0 bridgehead atoms. The van der Waals surface area contributed by atoms with E-state index in [1.807, 2.05) is 0 Å². The molecule has 0 atom stereocenters. The van der Waals surface area contributed by atoms with Crippen molar-refractivity contribution in [1.82, 2.24) is 0 Å². The van der Waals surface area contributed by atoms with Gasteiger partial charge in [0, 0.05) is 26.4 Å². The molecule has 0 N–H and O–H groups in total. The van der Waals surface area contributed by atoms with E-state index in [1.54, 1.807) is 0 Å². The van der Waals surface area contributed by atoms with Crippen LogP contribution in [0.1, 0.15) is 38.5 Å². The maximum atomic E-state index is 5.07. The van der Waals surface area contributed by atoms with Crippen LogP contribution in [-0.2, 0) is 9.47 Å². The predicted molar refractivity (Wildman–Crippen MR) is 49.3 cm³/mol. The maximum Gasteiger partial charge on any atom is 1.00 e. The normalized spacial score (nSPS) is 20.6. The monoisotopic (exact) mass is 214 g/mol. The molecule has 2 fully saturated rings. The quantitative estimate of drug-likeness (QED) is 0.388. The van der Waals surface area contributed by atoms with Gasteiger partial charge in [0.25, 0.3) is 0 Å². The predicted octanol–water partition coefficient (Wildman–Crippen LogP) is -3.62. The molecule has 0 amide bonds. The van der Waals surface area contributed by atoms with Crippen LogP contribution in [0.3, 0.4) is 0 Å². The van der Waals surface area contributed by atoms with Crippen molar-refractivity contribution in [3.05, 3.63) is 0 Å². The molecule has 0 aromatic carbocycles. The van der Waals surface area contributed by atoms with Gasteiger partial charge in [-0.3, -0.25) is 0 Å². The zero-order valence-electron chi connectivity index (χ0n) is 9.27. The number of hydrogen-bond acceptors (Lipinski definition) is 2. The standard InChI is InChI=1S/2C5H10O.ClH.Li/c2*1-2-4-6-5-3-1;;/h2*1-5H2;1H;/q;;;+1/p-1. The summed E-state index contributed by atoms with van der Waals surface area (Å²) in [5.74, 6) is 0. The van der Waals surface area contributed by atoms with Gasteiger partial charge in [-0.05, 0) is 38.5 Å². The van der Waals surface area contributed by atoms with Gasteiger partial charge in [-0.15, -0.1) is 0 Å². The first-order valence-corrected chi connectivity index (χ1v) is 5.15. The van der Waals surface area contributed by atoms with Gasteiger partial charge in [0.05, 0.1) is 0 Å². The fourth-order valence-electron chi connectivity index (χ4n) is 1.37. The third-order valence-corrected chi connectivity index (χ3v) is 2.15. The van der Waals surface area contributed by atoms with Crippen LogP contribution in [0.4, 0.5) is 0 Å². The van der Waals surface area contributed by atoms with Crippen molar-refractivity contribution in [3.8, 4) is 0 Å². The first-order chi connectivity index (χ1) is 6.00. The molecule has 80 valence electrons. The second kappa shape index (κ2) is 13.8. The molecule has 2 aliphatic rings. The Labute approximate surface area is 106 Å². The van der Waals surface area contributed by atoms with Gasteiger partial charge in [0.1, 0.15) is 0 Å². The molecular weight excluding hydrogens is 195 g/mol. The first-order valence-electron chi connectivity index (χ1n) is 5.15. The Kier molecular flexibility index (Phi) is 17.0. The number of ether oxygens (including phenoxy) is 2. The van der Waals surface area contributed by atoms with Crippen LogP contribution in [-0.4, -0.2) is 26.4 Å². The second-order valence-corrected chi connectivity index (χ2v) is 3.35. The Bertz CT molecular complexity index is 61.1. The van der Waals surface area contributed by atoms with E-state index < -0.39 is 0 Å². The van der Waals surface area contributed by atoms with Crippen molar-refractivity contribution >= 4 is 0 Å². The largest absolute Gasteiger partial charge is 1.00 e. The van der Waals surface area contributed by atoms with Crippen LogP contribution in [0, 0.1) is 0 Å². The first kappa shape index (κ1) is 17.2. The fourth-order valence-corrected chi connectivity index (χ4v) is 1.37. The van der Waals surface area contributed by atoms with E-state index in [4.69, 9.17) is 9.47 Å². The summed E-state index contributed by atoms with van der Waals surface area (Å²) in [6.07, 6.45) is 7.86. The van der Waals surface area contributed by atoms with Crippen molar-refractivity contribution in [2.75, 3.05) is 26.4 Å². The van der Waals surface area contributed by atoms with Crippen molar-refractivity contribution in [1.29, 1.82) is 0 Å². The van der Waals surface area contributed by atoms with Gasteiger partial charge < -0.3 is 21.9 Å². The average Bonchev–Trinajstić information content (AvgIpc) is 2.24. The average molecular weight is 215 g/mol. The summed E-state index contributed by atoms with van der Waals surface area (Å²) in [6, 6.07) is 0. The zero-order valence-corrected chi connectivity index (χ0v) is 10.0. The maximum absolute atomic E-state index is 5.07. The van der Waals surface area contributed by atoms with Crippen molar-refractivity contribution < 1.29 is 40.7 Å². The van der Waals surface area contributed by atoms with E-state index in [0.717, 1.165) is 26.4 Å². The molecule has 2 aliphatic heterocycles. The van der Waals surface area contributed by atoms with Crippen LogP contribution < -0.4 is 31.3 Å². The Hall–Kier alpha value is 0.807. The molecule has 0 spiro atoms. The summed E-state index contributed by atoms with van der Waals surface area (Å²) in [4.78, 5) is 0. The third-order valence-electron chi connectivity index (χ3n) is 2.15. The SMILES string of the molecule is C1CCOCC1.C1CCOCC1.[Cl-].[Li+]. The Morgan fingerprint density at radius 1 is 0.500 bits per heavy atom. The van der Waals surface area contributed by atoms with Crippen LogP contribution >= 0.6 is 0 Å². The van der Waals surface area contributed by atoms with Crippen LogP contribution in [0.2, 0.25) is 0 Å². The molecule has 4 heteroatoms. The van der Waals surface area contributed by atoms with Crippen molar-refractivity contribution in [2.24, 2.45) is 0 Å². The molecule has 2 nitrogen and oxygen atoms in total. The minimum Gasteiger partial charge on any atom is -1.00 e. The molecule has 2 rings (SSSR count). The molecule has 2 heterocycles. The van der Waals surface area contributed by atoms with Gasteiger partial charge in [0.2, 0.25) is 0 Å². The van der Waals surface area contributed by atoms with Gasteiger partial charge in [-0.2, -0.15) is 0 Å². The Morgan fingerprint density at radius 2 is 0.786 bits per heavy atom. The molecule has 2 saturated heterocycles. The zero-order chi connectivity index (χ0) is 8.49.